The predicted molar refractivity (Wildman–Crippen MR) is 122 cm³/mol. The molecule has 2 heterocycles. The number of nitrogens with zero attached hydrogens (tertiary/aromatic N) is 1. The molecule has 0 saturated heterocycles. The summed E-state index contributed by atoms with van der Waals surface area (Å²) in [6, 6.07) is 11.5. The number of oxazole rings is 1. The van der Waals surface area contributed by atoms with Gasteiger partial charge in [-0.2, -0.15) is 0 Å². The largest absolute Gasteiger partial charge is 0.486 e. The number of aliphatic carboxylic acids is 1. The van der Waals surface area contributed by atoms with E-state index in [0.717, 1.165) is 0 Å². The van der Waals surface area contributed by atoms with Gasteiger partial charge in [-0.05, 0) is 53.8 Å². The zero-order valence-electron chi connectivity index (χ0n) is 18.4. The van der Waals surface area contributed by atoms with Crippen molar-refractivity contribution in [1.29, 1.82) is 0 Å². The van der Waals surface area contributed by atoms with Gasteiger partial charge in [-0.25, -0.2) is 13.8 Å². The number of carboxylic acids is 1. The first kappa shape index (κ1) is 21.5. The van der Waals surface area contributed by atoms with Gasteiger partial charge in [-0.1, -0.05) is 18.2 Å². The number of rotatable bonds is 5. The van der Waals surface area contributed by atoms with E-state index >= 15 is 8.78 Å². The molecule has 1 aliphatic carbocycles. The van der Waals surface area contributed by atoms with Gasteiger partial charge in [-0.15, -0.1) is 0 Å². The number of carbonyl (C=O) groups is 1. The summed E-state index contributed by atoms with van der Waals surface area (Å²) in [5.74, 6) is -0.964. The summed E-state index contributed by atoms with van der Waals surface area (Å²) in [4.78, 5) is 15.3. The smallest absolute Gasteiger partial charge is 0.317 e. The zero-order chi connectivity index (χ0) is 24.1. The van der Waals surface area contributed by atoms with Crippen LogP contribution in [0.15, 0.2) is 46.9 Å². The fraction of sp³-hybridized carbons (Fsp3) is 0.231. The van der Waals surface area contributed by atoms with E-state index in [0.29, 0.717) is 59.8 Å². The van der Waals surface area contributed by atoms with Gasteiger partial charge >= 0.3 is 5.97 Å². The van der Waals surface area contributed by atoms with Crippen LogP contribution in [0.2, 0.25) is 0 Å². The van der Waals surface area contributed by atoms with Gasteiger partial charge in [0, 0.05) is 11.6 Å². The molecule has 1 aromatic heterocycles. The second-order valence-electron chi connectivity index (χ2n) is 8.52. The minimum absolute atomic E-state index is 0.0329. The summed E-state index contributed by atoms with van der Waals surface area (Å²) in [5.41, 5.74) is 2.36. The van der Waals surface area contributed by atoms with Gasteiger partial charge in [-0.3, -0.25) is 4.79 Å². The van der Waals surface area contributed by atoms with E-state index in [1.54, 1.807) is 36.4 Å². The zero-order valence-corrected chi connectivity index (χ0v) is 18.4. The van der Waals surface area contributed by atoms with Crippen LogP contribution in [-0.2, 0) is 11.2 Å². The molecule has 9 heteroatoms. The van der Waals surface area contributed by atoms with E-state index in [4.69, 9.17) is 19.0 Å². The average Bonchev–Trinajstić information content (AvgIpc) is 3.47. The SMILES string of the molecule is O=C(O)CN[C@@H]1CCc2c1cc1nc(-c3cccc(-c4ccc5c(c4)OCCO5)c3F)oc1c2F. The topological polar surface area (TPSA) is 93.8 Å². The number of nitrogens with one attached hydrogen (secondary N) is 1. The van der Waals surface area contributed by atoms with Crippen molar-refractivity contribution in [3.8, 4) is 34.1 Å². The number of halogens is 2. The third-order valence-corrected chi connectivity index (χ3v) is 6.40. The average molecular weight is 478 g/mol. The van der Waals surface area contributed by atoms with Gasteiger partial charge in [0.1, 0.15) is 24.5 Å². The monoisotopic (exact) mass is 478 g/mol. The lowest BCUT2D eigenvalue weighted by Gasteiger charge is -2.19. The van der Waals surface area contributed by atoms with Crippen LogP contribution in [0, 0.1) is 11.6 Å². The molecule has 2 aliphatic rings. The highest BCUT2D eigenvalue weighted by atomic mass is 19.1. The van der Waals surface area contributed by atoms with E-state index in [-0.39, 0.29) is 35.1 Å². The maximum Gasteiger partial charge on any atom is 0.317 e. The van der Waals surface area contributed by atoms with Gasteiger partial charge in [0.15, 0.2) is 22.9 Å². The van der Waals surface area contributed by atoms with Crippen molar-refractivity contribution in [3.05, 3.63) is 65.2 Å². The Balaban J connectivity index is 1.39. The highest BCUT2D eigenvalue weighted by molar-refractivity contribution is 5.81. The number of benzene rings is 3. The molecular weight excluding hydrogens is 458 g/mol. The Morgan fingerprint density at radius 3 is 2.69 bits per heavy atom. The molecule has 0 radical (unpaired) electrons. The maximum absolute atomic E-state index is 15.6. The number of aromatic nitrogens is 1. The van der Waals surface area contributed by atoms with Gasteiger partial charge < -0.3 is 24.3 Å². The molecule has 0 amide bonds. The van der Waals surface area contributed by atoms with Crippen LogP contribution in [0.25, 0.3) is 33.7 Å². The van der Waals surface area contributed by atoms with Crippen molar-refractivity contribution in [3.63, 3.8) is 0 Å². The van der Waals surface area contributed by atoms with Crippen molar-refractivity contribution >= 4 is 17.1 Å². The molecule has 2 N–H and O–H groups in total. The Kier molecular flexibility index (Phi) is 5.14. The molecule has 178 valence electrons. The molecule has 1 aliphatic heterocycles. The van der Waals surface area contributed by atoms with Crippen LogP contribution in [0.3, 0.4) is 0 Å². The first-order chi connectivity index (χ1) is 17.0. The summed E-state index contributed by atoms with van der Waals surface area (Å²) in [5, 5.41) is 11.9. The second kappa shape index (κ2) is 8.35. The number of ether oxygens (including phenoxy) is 2. The summed E-state index contributed by atoms with van der Waals surface area (Å²) in [6.07, 6.45) is 1.02. The number of fused-ring (bicyclic) bond motifs is 3. The van der Waals surface area contributed by atoms with Gasteiger partial charge in [0.25, 0.3) is 0 Å². The standard InChI is InChI=1S/C26H20F2N2O5/c27-23-14(13-4-7-20-21(10-13)34-9-8-33-20)2-1-3-16(23)26-30-19-11-17-15(24(28)25(19)35-26)5-6-18(17)29-12-22(31)32/h1-4,7,10-11,18,29H,5-6,8-9,12H2,(H,31,32)/t18-/m1/s1. The lowest BCUT2D eigenvalue weighted by atomic mass is 10.0. The van der Waals surface area contributed by atoms with Crippen LogP contribution >= 0.6 is 0 Å². The fourth-order valence-corrected chi connectivity index (χ4v) is 4.76. The third kappa shape index (κ3) is 3.68. The normalized spacial score (nSPS) is 16.5. The Bertz CT molecular complexity index is 1480. The third-order valence-electron chi connectivity index (χ3n) is 6.40. The summed E-state index contributed by atoms with van der Waals surface area (Å²) >= 11 is 0. The maximum atomic E-state index is 15.6. The van der Waals surface area contributed by atoms with Crippen molar-refractivity contribution in [1.82, 2.24) is 10.3 Å². The molecule has 3 aromatic carbocycles. The minimum atomic E-state index is -0.989. The number of hydrogen-bond acceptors (Lipinski definition) is 6. The highest BCUT2D eigenvalue weighted by Crippen LogP contribution is 2.40. The number of hydrogen-bond donors (Lipinski definition) is 2. The molecule has 0 fully saturated rings. The molecule has 1 atom stereocenters. The highest BCUT2D eigenvalue weighted by Gasteiger charge is 2.29. The lowest BCUT2D eigenvalue weighted by molar-refractivity contribution is -0.136. The van der Waals surface area contributed by atoms with Crippen LogP contribution in [0.5, 0.6) is 11.5 Å². The molecule has 6 rings (SSSR count). The van der Waals surface area contributed by atoms with E-state index in [9.17, 15) is 4.79 Å². The summed E-state index contributed by atoms with van der Waals surface area (Å²) in [6.45, 7) is 0.653. The molecule has 0 spiro atoms. The lowest BCUT2D eigenvalue weighted by Crippen LogP contribution is -2.26. The van der Waals surface area contributed by atoms with Gasteiger partial charge in [0.2, 0.25) is 5.89 Å². The number of carboxylic acid groups (broad SMARTS) is 1. The van der Waals surface area contributed by atoms with Crippen molar-refractivity contribution in [2.45, 2.75) is 18.9 Å². The molecular formula is C26H20F2N2O5. The van der Waals surface area contributed by atoms with Crippen LogP contribution in [-0.4, -0.2) is 35.8 Å². The van der Waals surface area contributed by atoms with E-state index in [1.165, 1.54) is 6.07 Å². The van der Waals surface area contributed by atoms with Crippen molar-refractivity contribution < 1.29 is 32.6 Å². The van der Waals surface area contributed by atoms with Crippen molar-refractivity contribution in [2.75, 3.05) is 19.8 Å². The van der Waals surface area contributed by atoms with E-state index in [1.807, 2.05) is 0 Å². The van der Waals surface area contributed by atoms with E-state index < -0.39 is 17.6 Å². The van der Waals surface area contributed by atoms with E-state index in [2.05, 4.69) is 10.3 Å². The molecule has 35 heavy (non-hydrogen) atoms. The Hall–Kier alpha value is -3.98. The molecule has 7 nitrogen and oxygen atoms in total. The Morgan fingerprint density at radius 2 is 1.86 bits per heavy atom. The van der Waals surface area contributed by atoms with Crippen LogP contribution in [0.4, 0.5) is 8.78 Å². The van der Waals surface area contributed by atoms with Crippen molar-refractivity contribution in [2.24, 2.45) is 0 Å². The predicted octanol–water partition coefficient (Wildman–Crippen LogP) is 4.87. The second-order valence-corrected chi connectivity index (χ2v) is 8.52. The molecule has 0 saturated carbocycles. The van der Waals surface area contributed by atoms with Crippen LogP contribution < -0.4 is 14.8 Å². The Morgan fingerprint density at radius 1 is 1.06 bits per heavy atom. The Labute approximate surface area is 198 Å². The first-order valence-electron chi connectivity index (χ1n) is 11.3. The molecule has 0 bridgehead atoms. The molecule has 0 unspecified atom stereocenters. The van der Waals surface area contributed by atoms with Crippen LogP contribution in [0.1, 0.15) is 23.6 Å². The summed E-state index contributed by atoms with van der Waals surface area (Å²) in [7, 11) is 0. The fourth-order valence-electron chi connectivity index (χ4n) is 4.76. The minimum Gasteiger partial charge on any atom is -0.486 e. The quantitative estimate of drug-likeness (QED) is 0.423. The van der Waals surface area contributed by atoms with Gasteiger partial charge in [0.05, 0.1) is 12.1 Å². The summed E-state index contributed by atoms with van der Waals surface area (Å²) < 4.78 is 47.8. The molecule has 4 aromatic rings. The first-order valence-corrected chi connectivity index (χ1v) is 11.3.